The normalized spacial score (nSPS) is 12.0. The third-order valence-corrected chi connectivity index (χ3v) is 5.13. The molecule has 0 aliphatic carbocycles. The summed E-state index contributed by atoms with van der Waals surface area (Å²) < 4.78 is 30.7. The lowest BCUT2D eigenvalue weighted by Crippen LogP contribution is -2.29. The number of benzene rings is 1. The van der Waals surface area contributed by atoms with Gasteiger partial charge in [0.05, 0.1) is 18.0 Å². The fraction of sp³-hybridized carbons (Fsp3) is 0.400. The molecule has 0 fully saturated rings. The summed E-state index contributed by atoms with van der Waals surface area (Å²) >= 11 is 0. The second-order valence-corrected chi connectivity index (χ2v) is 7.29. The average Bonchev–Trinajstić information content (AvgIpc) is 2.85. The van der Waals surface area contributed by atoms with E-state index < -0.39 is 10.0 Å². The van der Waals surface area contributed by atoms with Gasteiger partial charge in [-0.05, 0) is 25.3 Å². The molecular weight excluding hydrogens is 288 g/mol. The Morgan fingerprint density at radius 2 is 1.95 bits per heavy atom. The third-order valence-electron chi connectivity index (χ3n) is 3.25. The maximum Gasteiger partial charge on any atom is 0.214 e. The Morgan fingerprint density at radius 3 is 2.57 bits per heavy atom. The lowest BCUT2D eigenvalue weighted by molar-refractivity contribution is 0.378. The summed E-state index contributed by atoms with van der Waals surface area (Å²) in [6.07, 6.45) is 1.37. The number of nitrogens with zero attached hydrogens (tertiary/aromatic N) is 2. The molecule has 1 heterocycles. The van der Waals surface area contributed by atoms with E-state index >= 15 is 0 Å². The van der Waals surface area contributed by atoms with Gasteiger partial charge in [0.2, 0.25) is 10.0 Å². The minimum atomic E-state index is -3.27. The van der Waals surface area contributed by atoms with Crippen LogP contribution in [0.2, 0.25) is 0 Å². The summed E-state index contributed by atoms with van der Waals surface area (Å²) in [6.45, 7) is 2.02. The second-order valence-electron chi connectivity index (χ2n) is 5.09. The highest BCUT2D eigenvalue weighted by atomic mass is 32.2. The Hall–Kier alpha value is -1.66. The van der Waals surface area contributed by atoms with Gasteiger partial charge in [0, 0.05) is 13.1 Å². The van der Waals surface area contributed by atoms with Crippen LogP contribution in [-0.2, 0) is 23.0 Å². The molecule has 2 aromatic rings. The first kappa shape index (κ1) is 15.7. The highest BCUT2D eigenvalue weighted by molar-refractivity contribution is 7.89. The van der Waals surface area contributed by atoms with Gasteiger partial charge < -0.3 is 4.52 Å². The van der Waals surface area contributed by atoms with E-state index in [9.17, 15) is 8.42 Å². The zero-order valence-electron chi connectivity index (χ0n) is 12.3. The van der Waals surface area contributed by atoms with Gasteiger partial charge in [0.25, 0.3) is 0 Å². The van der Waals surface area contributed by atoms with Gasteiger partial charge in [0.1, 0.15) is 5.76 Å². The fourth-order valence-electron chi connectivity index (χ4n) is 2.08. The molecule has 0 amide bonds. The predicted molar refractivity (Wildman–Crippen MR) is 81.3 cm³/mol. The molecule has 2 rings (SSSR count). The molecule has 21 heavy (non-hydrogen) atoms. The van der Waals surface area contributed by atoms with E-state index in [1.165, 1.54) is 4.31 Å². The Kier molecular flexibility index (Phi) is 5.14. The number of aromatic nitrogens is 1. The van der Waals surface area contributed by atoms with E-state index in [2.05, 4.69) is 5.16 Å². The van der Waals surface area contributed by atoms with Crippen LogP contribution in [0.5, 0.6) is 0 Å². The molecule has 0 saturated heterocycles. The zero-order chi connectivity index (χ0) is 15.3. The minimum absolute atomic E-state index is 0.134. The molecule has 114 valence electrons. The molecule has 0 atom stereocenters. The SMILES string of the molecule is Cc1cc(CN(C)S(=O)(=O)CCCc2ccccc2)no1. The van der Waals surface area contributed by atoms with Crippen molar-refractivity contribution < 1.29 is 12.9 Å². The summed E-state index contributed by atoms with van der Waals surface area (Å²) in [4.78, 5) is 0. The van der Waals surface area contributed by atoms with E-state index in [4.69, 9.17) is 4.52 Å². The van der Waals surface area contributed by atoms with Crippen LogP contribution >= 0.6 is 0 Å². The van der Waals surface area contributed by atoms with Crippen LogP contribution in [0.4, 0.5) is 0 Å². The summed E-state index contributed by atoms with van der Waals surface area (Å²) in [5.41, 5.74) is 1.78. The van der Waals surface area contributed by atoms with Crippen molar-refractivity contribution in [2.45, 2.75) is 26.3 Å². The first-order valence-electron chi connectivity index (χ1n) is 6.87. The van der Waals surface area contributed by atoms with Crippen LogP contribution < -0.4 is 0 Å². The Morgan fingerprint density at radius 1 is 1.24 bits per heavy atom. The van der Waals surface area contributed by atoms with Crippen molar-refractivity contribution in [1.82, 2.24) is 9.46 Å². The molecule has 6 heteroatoms. The van der Waals surface area contributed by atoms with Gasteiger partial charge in [-0.3, -0.25) is 0 Å². The van der Waals surface area contributed by atoms with E-state index in [0.717, 1.165) is 12.0 Å². The smallest absolute Gasteiger partial charge is 0.214 e. The number of hydrogen-bond acceptors (Lipinski definition) is 4. The molecule has 1 aromatic carbocycles. The number of sulfonamides is 1. The Bertz CT molecular complexity index is 665. The quantitative estimate of drug-likeness (QED) is 0.788. The van der Waals surface area contributed by atoms with E-state index in [1.807, 2.05) is 30.3 Å². The van der Waals surface area contributed by atoms with Crippen molar-refractivity contribution in [3.8, 4) is 0 Å². The summed E-state index contributed by atoms with van der Waals surface area (Å²) in [5.74, 6) is 0.815. The minimum Gasteiger partial charge on any atom is -0.361 e. The molecule has 5 nitrogen and oxygen atoms in total. The summed E-state index contributed by atoms with van der Waals surface area (Å²) in [5, 5.41) is 3.82. The number of aryl methyl sites for hydroxylation is 2. The lowest BCUT2D eigenvalue weighted by Gasteiger charge is -2.15. The molecular formula is C15H20N2O3S. The Balaban J connectivity index is 1.86. The standard InChI is InChI=1S/C15H20N2O3S/c1-13-11-15(16-20-13)12-17(2)21(18,19)10-6-9-14-7-4-3-5-8-14/h3-5,7-8,11H,6,9-10,12H2,1-2H3. The predicted octanol–water partition coefficient (Wildman–Crippen LogP) is 2.38. The van der Waals surface area contributed by atoms with Crippen molar-refractivity contribution in [2.24, 2.45) is 0 Å². The van der Waals surface area contributed by atoms with Crippen LogP contribution in [0.25, 0.3) is 0 Å². The molecule has 0 bridgehead atoms. The monoisotopic (exact) mass is 308 g/mol. The third kappa shape index (κ3) is 4.68. The first-order chi connectivity index (χ1) is 9.97. The van der Waals surface area contributed by atoms with Gasteiger partial charge in [0.15, 0.2) is 0 Å². The van der Waals surface area contributed by atoms with Crippen LogP contribution in [0.15, 0.2) is 40.9 Å². The molecule has 0 aliphatic heterocycles. The average molecular weight is 308 g/mol. The van der Waals surface area contributed by atoms with Gasteiger partial charge >= 0.3 is 0 Å². The largest absolute Gasteiger partial charge is 0.361 e. The van der Waals surface area contributed by atoms with Crippen molar-refractivity contribution in [1.29, 1.82) is 0 Å². The molecule has 0 spiro atoms. The molecule has 1 aromatic heterocycles. The molecule has 0 aliphatic rings. The van der Waals surface area contributed by atoms with Crippen molar-refractivity contribution in [3.63, 3.8) is 0 Å². The number of hydrogen-bond donors (Lipinski definition) is 0. The lowest BCUT2D eigenvalue weighted by atomic mass is 10.1. The highest BCUT2D eigenvalue weighted by Crippen LogP contribution is 2.10. The van der Waals surface area contributed by atoms with Crippen LogP contribution in [-0.4, -0.2) is 30.7 Å². The van der Waals surface area contributed by atoms with Crippen LogP contribution in [0.1, 0.15) is 23.4 Å². The Labute approximate surface area is 125 Å². The summed E-state index contributed by atoms with van der Waals surface area (Å²) in [7, 11) is -1.70. The topological polar surface area (TPSA) is 63.4 Å². The highest BCUT2D eigenvalue weighted by Gasteiger charge is 2.19. The van der Waals surface area contributed by atoms with Crippen molar-refractivity contribution in [2.75, 3.05) is 12.8 Å². The molecule has 0 unspecified atom stereocenters. The van der Waals surface area contributed by atoms with E-state index in [-0.39, 0.29) is 12.3 Å². The number of rotatable bonds is 7. The van der Waals surface area contributed by atoms with Gasteiger partial charge in [-0.1, -0.05) is 35.5 Å². The van der Waals surface area contributed by atoms with Crippen molar-refractivity contribution >= 4 is 10.0 Å². The zero-order valence-corrected chi connectivity index (χ0v) is 13.1. The van der Waals surface area contributed by atoms with Gasteiger partial charge in [-0.2, -0.15) is 4.31 Å². The first-order valence-corrected chi connectivity index (χ1v) is 8.48. The van der Waals surface area contributed by atoms with E-state index in [0.29, 0.717) is 17.9 Å². The molecule has 0 saturated carbocycles. The van der Waals surface area contributed by atoms with Crippen LogP contribution in [0, 0.1) is 6.92 Å². The fourth-order valence-corrected chi connectivity index (χ4v) is 3.23. The van der Waals surface area contributed by atoms with Gasteiger partial charge in [-0.25, -0.2) is 8.42 Å². The van der Waals surface area contributed by atoms with Crippen molar-refractivity contribution in [3.05, 3.63) is 53.4 Å². The maximum atomic E-state index is 12.2. The molecule has 0 N–H and O–H groups in total. The van der Waals surface area contributed by atoms with Gasteiger partial charge in [-0.15, -0.1) is 0 Å². The van der Waals surface area contributed by atoms with E-state index in [1.54, 1.807) is 20.0 Å². The second kappa shape index (κ2) is 6.87. The maximum absolute atomic E-state index is 12.2. The van der Waals surface area contributed by atoms with Crippen LogP contribution in [0.3, 0.4) is 0 Å². The summed E-state index contributed by atoms with van der Waals surface area (Å²) in [6, 6.07) is 11.6. The molecule has 0 radical (unpaired) electrons.